The van der Waals surface area contributed by atoms with E-state index in [0.29, 0.717) is 13.2 Å². The molecule has 0 fully saturated rings. The Morgan fingerprint density at radius 1 is 0.418 bits per heavy atom. The number of benzene rings is 6. The average molecular weight is 785 g/mol. The minimum absolute atomic E-state index is 0. The van der Waals surface area contributed by atoms with Crippen LogP contribution < -0.4 is 9.47 Å². The van der Waals surface area contributed by atoms with Crippen molar-refractivity contribution >= 4 is 74.4 Å². The van der Waals surface area contributed by atoms with Gasteiger partial charge in [-0.15, -0.1) is 34.0 Å². The van der Waals surface area contributed by atoms with Crippen molar-refractivity contribution in [3.8, 4) is 21.9 Å². The molecule has 1 aliphatic heterocycles. The largest absolute Gasteiger partial charge is 0.485 e. The van der Waals surface area contributed by atoms with Gasteiger partial charge in [0.1, 0.15) is 13.2 Å². The van der Waals surface area contributed by atoms with Crippen LogP contribution in [0, 0.1) is 27.7 Å². The fraction of sp³-hybridized carbons (Fsp3) is 0.200. The molecule has 1 aliphatic rings. The van der Waals surface area contributed by atoms with E-state index in [1.165, 1.54) is 72.4 Å². The van der Waals surface area contributed by atoms with E-state index < -0.39 is 0 Å². The van der Waals surface area contributed by atoms with Crippen molar-refractivity contribution in [2.75, 3.05) is 13.2 Å². The highest BCUT2D eigenvalue weighted by Gasteiger charge is 2.22. The molecule has 5 heteroatoms. The number of rotatable bonds is 1. The number of ether oxygens (including phenoxy) is 2. The summed E-state index contributed by atoms with van der Waals surface area (Å²) in [6, 6.07) is 51.0. The molecule has 6 aromatic carbocycles. The maximum absolute atomic E-state index is 5.72. The molecule has 0 aliphatic carbocycles. The van der Waals surface area contributed by atoms with Crippen LogP contribution in [0.5, 0.6) is 11.5 Å². The average Bonchev–Trinajstić information content (AvgIpc) is 3.85. The molecule has 0 N–H and O–H groups in total. The van der Waals surface area contributed by atoms with Gasteiger partial charge in [0.05, 0.1) is 4.88 Å². The fourth-order valence-electron chi connectivity index (χ4n) is 6.14. The lowest BCUT2D eigenvalue weighted by molar-refractivity contribution is 0.173. The highest BCUT2D eigenvalue weighted by Crippen LogP contribution is 2.48. The molecule has 0 spiro atoms. The Labute approximate surface area is 341 Å². The van der Waals surface area contributed by atoms with E-state index in [9.17, 15) is 0 Å². The second-order valence-corrected chi connectivity index (χ2v) is 15.9. The van der Waals surface area contributed by atoms with Crippen molar-refractivity contribution in [3.63, 3.8) is 0 Å². The Kier molecular flexibility index (Phi) is 16.7. The van der Waals surface area contributed by atoms with Gasteiger partial charge >= 0.3 is 0 Å². The van der Waals surface area contributed by atoms with Gasteiger partial charge in [-0.2, -0.15) is 0 Å². The van der Waals surface area contributed by atoms with Crippen molar-refractivity contribution in [3.05, 3.63) is 167 Å². The lowest BCUT2D eigenvalue weighted by Gasteiger charge is -2.16. The first-order chi connectivity index (χ1) is 25.0. The van der Waals surface area contributed by atoms with Crippen LogP contribution in [0.15, 0.2) is 146 Å². The highest BCUT2D eigenvalue weighted by atomic mass is 32.1. The molecule has 0 bridgehead atoms. The van der Waals surface area contributed by atoms with Crippen LogP contribution in [0.1, 0.15) is 51.3 Å². The maximum atomic E-state index is 5.72. The van der Waals surface area contributed by atoms with E-state index in [4.69, 9.17) is 9.47 Å². The quantitative estimate of drug-likeness (QED) is 0.165. The van der Waals surface area contributed by atoms with E-state index in [0.717, 1.165) is 11.5 Å². The van der Waals surface area contributed by atoms with E-state index >= 15 is 0 Å². The van der Waals surface area contributed by atoms with Gasteiger partial charge < -0.3 is 9.47 Å². The van der Waals surface area contributed by atoms with Crippen molar-refractivity contribution < 1.29 is 9.47 Å². The van der Waals surface area contributed by atoms with Gasteiger partial charge in [-0.25, -0.2) is 0 Å². The van der Waals surface area contributed by atoms with Crippen molar-refractivity contribution in [2.45, 2.75) is 57.4 Å². The number of aryl methyl sites for hydroxylation is 4. The van der Waals surface area contributed by atoms with E-state index in [1.54, 1.807) is 11.3 Å². The molecule has 4 heterocycles. The molecule has 0 radical (unpaired) electrons. The molecular weight excluding hydrogens is 729 g/mol. The number of thiophene rings is 3. The van der Waals surface area contributed by atoms with Gasteiger partial charge in [0, 0.05) is 45.2 Å². The SMILES string of the molecule is C.C.C.C.Cc1ccc2sc3ccccc3c2c1.Cc1cccc2c1sc1ccccc12.Cc1ccccc1.Cc1sc(-c2ccccc2)c2c1OCCO2. The van der Waals surface area contributed by atoms with Crippen LogP contribution in [0.4, 0.5) is 0 Å². The lowest BCUT2D eigenvalue weighted by atomic mass is 10.1. The van der Waals surface area contributed by atoms with Crippen LogP contribution >= 0.6 is 34.0 Å². The monoisotopic (exact) mass is 784 g/mol. The molecule has 3 aromatic heterocycles. The predicted molar refractivity (Wildman–Crippen MR) is 252 cm³/mol. The normalized spacial score (nSPS) is 10.8. The molecule has 55 heavy (non-hydrogen) atoms. The summed E-state index contributed by atoms with van der Waals surface area (Å²) in [5.74, 6) is 1.84. The summed E-state index contributed by atoms with van der Waals surface area (Å²) in [5.41, 5.74) is 5.23. The Bertz CT molecular complexity index is 2510. The second kappa shape index (κ2) is 20.7. The first-order valence-corrected chi connectivity index (χ1v) is 19.6. The number of hydrogen-bond donors (Lipinski definition) is 0. The van der Waals surface area contributed by atoms with Crippen LogP contribution in [-0.4, -0.2) is 13.2 Å². The molecule has 9 aromatic rings. The zero-order chi connectivity index (χ0) is 35.2. The zero-order valence-corrected chi connectivity index (χ0v) is 31.8. The smallest absolute Gasteiger partial charge is 0.180 e. The maximum Gasteiger partial charge on any atom is 0.180 e. The summed E-state index contributed by atoms with van der Waals surface area (Å²) in [5, 5.41) is 5.56. The third-order valence-corrected chi connectivity index (χ3v) is 12.3. The van der Waals surface area contributed by atoms with Crippen molar-refractivity contribution in [2.24, 2.45) is 0 Å². The van der Waals surface area contributed by atoms with Crippen LogP contribution in [-0.2, 0) is 0 Å². The minimum atomic E-state index is 0. The van der Waals surface area contributed by atoms with E-state index in [2.05, 4.69) is 137 Å². The molecule has 0 amide bonds. The summed E-state index contributed by atoms with van der Waals surface area (Å²) in [6.45, 7) is 9.77. The Morgan fingerprint density at radius 2 is 0.945 bits per heavy atom. The predicted octanol–water partition coefficient (Wildman–Crippen LogP) is 16.8. The van der Waals surface area contributed by atoms with Gasteiger partial charge in [0.2, 0.25) is 0 Å². The molecular formula is C50H56O2S3. The lowest BCUT2D eigenvalue weighted by Crippen LogP contribution is -2.14. The summed E-state index contributed by atoms with van der Waals surface area (Å²) in [6.07, 6.45) is 0. The molecule has 2 nitrogen and oxygen atoms in total. The second-order valence-electron chi connectivity index (χ2n) is 12.5. The van der Waals surface area contributed by atoms with Crippen molar-refractivity contribution in [1.29, 1.82) is 0 Å². The van der Waals surface area contributed by atoms with E-state index in [1.807, 2.05) is 59.1 Å². The molecule has 0 atom stereocenters. The molecule has 0 unspecified atom stereocenters. The number of hydrogen-bond acceptors (Lipinski definition) is 5. The van der Waals surface area contributed by atoms with Gasteiger partial charge in [-0.05, 0) is 63.1 Å². The number of fused-ring (bicyclic) bond motifs is 7. The summed E-state index contributed by atoms with van der Waals surface area (Å²) in [7, 11) is 0. The first kappa shape index (κ1) is 44.5. The molecule has 10 rings (SSSR count). The van der Waals surface area contributed by atoms with Gasteiger partial charge in [-0.1, -0.05) is 162 Å². The molecule has 0 saturated heterocycles. The topological polar surface area (TPSA) is 18.5 Å². The molecule has 286 valence electrons. The third-order valence-electron chi connectivity index (χ3n) is 8.67. The highest BCUT2D eigenvalue weighted by molar-refractivity contribution is 7.26. The van der Waals surface area contributed by atoms with Gasteiger partial charge in [0.15, 0.2) is 11.5 Å². The standard InChI is InChI=1S/C13H12O2S.2C13H10S.C7H8.4CH4/c1-9-11-12(15-8-7-14-11)13(16-9)10-5-3-2-4-6-10;1-9-5-4-7-11-10-6-2-3-8-12(10)14-13(9)11;1-9-6-7-13-11(8-9)10-4-2-3-5-12(10)14-13;1-7-5-3-2-4-6-7;;;;/h2-6H,7-8H2,1H3;2*2-8H,1H3;2-6H,1H3;4*1H4. The van der Waals surface area contributed by atoms with Crippen LogP contribution in [0.2, 0.25) is 0 Å². The third kappa shape index (κ3) is 10.2. The summed E-state index contributed by atoms with van der Waals surface area (Å²) >= 11 is 5.49. The van der Waals surface area contributed by atoms with Gasteiger partial charge in [-0.3, -0.25) is 0 Å². The Hall–Kier alpha value is -4.94. The summed E-state index contributed by atoms with van der Waals surface area (Å²) in [4.78, 5) is 2.36. The van der Waals surface area contributed by atoms with Crippen LogP contribution in [0.3, 0.4) is 0 Å². The Morgan fingerprint density at radius 3 is 1.58 bits per heavy atom. The fourth-order valence-corrected chi connectivity index (χ4v) is 9.44. The molecule has 0 saturated carbocycles. The van der Waals surface area contributed by atoms with Crippen LogP contribution in [0.25, 0.3) is 50.8 Å². The zero-order valence-electron chi connectivity index (χ0n) is 29.3. The van der Waals surface area contributed by atoms with Crippen molar-refractivity contribution in [1.82, 2.24) is 0 Å². The first-order valence-electron chi connectivity index (χ1n) is 17.2. The minimum Gasteiger partial charge on any atom is -0.485 e. The summed E-state index contributed by atoms with van der Waals surface area (Å²) < 4.78 is 16.9. The van der Waals surface area contributed by atoms with E-state index in [-0.39, 0.29) is 29.7 Å². The Balaban J connectivity index is 0.000000198. The van der Waals surface area contributed by atoms with Gasteiger partial charge in [0.25, 0.3) is 0 Å².